The Morgan fingerprint density at radius 2 is 1.86 bits per heavy atom. The molecule has 0 atom stereocenters. The molecule has 4 heterocycles. The average Bonchev–Trinajstić information content (AvgIpc) is 3.16. The van der Waals surface area contributed by atoms with Gasteiger partial charge in [-0.2, -0.15) is 0 Å². The Kier molecular flexibility index (Phi) is 4.64. The van der Waals surface area contributed by atoms with Crippen LogP contribution in [-0.4, -0.2) is 56.2 Å². The van der Waals surface area contributed by atoms with Gasteiger partial charge in [0.15, 0.2) is 5.82 Å². The number of benzene rings is 1. The fraction of sp³-hybridized carbons (Fsp3) is 0.409. The molecule has 2 aliphatic rings. The molecule has 0 amide bonds. The van der Waals surface area contributed by atoms with Gasteiger partial charge in [0, 0.05) is 44.1 Å². The van der Waals surface area contributed by atoms with Crippen molar-refractivity contribution in [2.75, 3.05) is 26.7 Å². The molecular formula is C22H25FN6. The largest absolute Gasteiger partial charge is 0.302 e. The van der Waals surface area contributed by atoms with E-state index in [4.69, 9.17) is 0 Å². The van der Waals surface area contributed by atoms with Crippen molar-refractivity contribution < 1.29 is 4.39 Å². The first-order valence-corrected chi connectivity index (χ1v) is 10.1. The van der Waals surface area contributed by atoms with E-state index in [1.54, 1.807) is 12.1 Å². The molecule has 1 spiro atoms. The number of hydrogen-bond acceptors (Lipinski definition) is 5. The van der Waals surface area contributed by atoms with Crippen molar-refractivity contribution >= 4 is 0 Å². The zero-order valence-corrected chi connectivity index (χ0v) is 16.6. The molecule has 3 aromatic rings. The molecule has 0 unspecified atom stereocenters. The fourth-order valence-electron chi connectivity index (χ4n) is 4.83. The predicted octanol–water partition coefficient (Wildman–Crippen LogP) is 2.92. The third-order valence-electron chi connectivity index (χ3n) is 6.20. The summed E-state index contributed by atoms with van der Waals surface area (Å²) in [5.41, 5.74) is 2.15. The Morgan fingerprint density at radius 1 is 1.07 bits per heavy atom. The molecular weight excluding hydrogens is 367 g/mol. The van der Waals surface area contributed by atoms with Crippen molar-refractivity contribution in [1.29, 1.82) is 0 Å². The lowest BCUT2D eigenvalue weighted by atomic mass is 9.84. The third-order valence-corrected chi connectivity index (χ3v) is 6.20. The zero-order chi connectivity index (χ0) is 19.8. The zero-order valence-electron chi connectivity index (χ0n) is 16.6. The normalized spacial score (nSPS) is 19.4. The number of halogens is 1. The SMILES string of the molecule is CN1Cc2nnc(-c3ccc(F)cc3)n2C2(CCN(Cc3cccnc3)CC2)C1. The molecule has 150 valence electrons. The molecule has 29 heavy (non-hydrogen) atoms. The maximum absolute atomic E-state index is 13.4. The molecule has 0 bridgehead atoms. The summed E-state index contributed by atoms with van der Waals surface area (Å²) in [6, 6.07) is 10.7. The van der Waals surface area contributed by atoms with E-state index in [-0.39, 0.29) is 11.4 Å². The van der Waals surface area contributed by atoms with Gasteiger partial charge in [-0.3, -0.25) is 14.8 Å². The van der Waals surface area contributed by atoms with Crippen LogP contribution >= 0.6 is 0 Å². The van der Waals surface area contributed by atoms with Crippen LogP contribution in [0.15, 0.2) is 48.8 Å². The van der Waals surface area contributed by atoms with E-state index in [2.05, 4.69) is 42.7 Å². The fourth-order valence-corrected chi connectivity index (χ4v) is 4.83. The van der Waals surface area contributed by atoms with E-state index >= 15 is 0 Å². The molecule has 2 aliphatic heterocycles. The van der Waals surface area contributed by atoms with Crippen LogP contribution in [0.5, 0.6) is 0 Å². The molecule has 0 radical (unpaired) electrons. The van der Waals surface area contributed by atoms with Crippen LogP contribution in [0.25, 0.3) is 11.4 Å². The lowest BCUT2D eigenvalue weighted by Gasteiger charge is -2.48. The summed E-state index contributed by atoms with van der Waals surface area (Å²) in [6.45, 7) is 4.73. The number of nitrogens with zero attached hydrogens (tertiary/aromatic N) is 6. The lowest BCUT2D eigenvalue weighted by Crippen LogP contribution is -2.55. The van der Waals surface area contributed by atoms with Crippen LogP contribution in [0.3, 0.4) is 0 Å². The Bertz CT molecular complexity index is 976. The van der Waals surface area contributed by atoms with Gasteiger partial charge in [-0.25, -0.2) is 4.39 Å². The van der Waals surface area contributed by atoms with Gasteiger partial charge in [0.25, 0.3) is 0 Å². The quantitative estimate of drug-likeness (QED) is 0.686. The number of rotatable bonds is 3. The summed E-state index contributed by atoms with van der Waals surface area (Å²) < 4.78 is 15.8. The predicted molar refractivity (Wildman–Crippen MR) is 108 cm³/mol. The molecule has 0 saturated carbocycles. The van der Waals surface area contributed by atoms with Crippen molar-refractivity contribution in [2.45, 2.75) is 31.5 Å². The van der Waals surface area contributed by atoms with Gasteiger partial charge >= 0.3 is 0 Å². The van der Waals surface area contributed by atoms with Crippen molar-refractivity contribution in [3.63, 3.8) is 0 Å². The van der Waals surface area contributed by atoms with Gasteiger partial charge in [0.2, 0.25) is 0 Å². The number of fused-ring (bicyclic) bond motifs is 2. The van der Waals surface area contributed by atoms with E-state index in [1.807, 2.05) is 18.5 Å². The van der Waals surface area contributed by atoms with E-state index in [1.165, 1.54) is 17.7 Å². The number of pyridine rings is 1. The minimum atomic E-state index is -0.231. The number of hydrogen-bond donors (Lipinski definition) is 0. The summed E-state index contributed by atoms with van der Waals surface area (Å²) in [7, 11) is 2.15. The summed E-state index contributed by atoms with van der Waals surface area (Å²) in [4.78, 5) is 9.08. The first-order chi connectivity index (χ1) is 14.1. The smallest absolute Gasteiger partial charge is 0.164 e. The Hall–Kier alpha value is -2.64. The second-order valence-electron chi connectivity index (χ2n) is 8.32. The van der Waals surface area contributed by atoms with Gasteiger partial charge in [0.1, 0.15) is 11.6 Å². The van der Waals surface area contributed by atoms with Crippen LogP contribution in [-0.2, 0) is 18.6 Å². The van der Waals surface area contributed by atoms with Crippen LogP contribution < -0.4 is 0 Å². The van der Waals surface area contributed by atoms with Crippen LogP contribution in [0, 0.1) is 5.82 Å². The number of likely N-dealkylation sites (N-methyl/N-ethyl adjacent to an activating group) is 1. The van der Waals surface area contributed by atoms with Gasteiger partial charge in [-0.15, -0.1) is 10.2 Å². The topological polar surface area (TPSA) is 50.1 Å². The molecule has 0 N–H and O–H groups in total. The number of piperidine rings is 1. The highest BCUT2D eigenvalue weighted by Crippen LogP contribution is 2.39. The maximum atomic E-state index is 13.4. The van der Waals surface area contributed by atoms with Crippen LogP contribution in [0.4, 0.5) is 4.39 Å². The molecule has 0 aliphatic carbocycles. The number of aromatic nitrogens is 4. The van der Waals surface area contributed by atoms with Gasteiger partial charge in [0.05, 0.1) is 12.1 Å². The monoisotopic (exact) mass is 392 g/mol. The Labute approximate surface area is 170 Å². The van der Waals surface area contributed by atoms with Crippen LogP contribution in [0.1, 0.15) is 24.2 Å². The third kappa shape index (κ3) is 3.45. The van der Waals surface area contributed by atoms with Crippen molar-refractivity contribution in [1.82, 2.24) is 29.5 Å². The highest BCUT2D eigenvalue weighted by atomic mass is 19.1. The molecule has 1 fully saturated rings. The first-order valence-electron chi connectivity index (χ1n) is 10.1. The highest BCUT2D eigenvalue weighted by molar-refractivity contribution is 5.56. The Morgan fingerprint density at radius 3 is 2.59 bits per heavy atom. The minimum absolute atomic E-state index is 0.0268. The van der Waals surface area contributed by atoms with Crippen LogP contribution in [0.2, 0.25) is 0 Å². The highest BCUT2D eigenvalue weighted by Gasteiger charge is 2.43. The molecule has 6 nitrogen and oxygen atoms in total. The molecule has 7 heteroatoms. The first kappa shape index (κ1) is 18.4. The van der Waals surface area contributed by atoms with Gasteiger partial charge in [-0.05, 0) is 55.8 Å². The average molecular weight is 392 g/mol. The van der Waals surface area contributed by atoms with E-state index in [0.717, 1.165) is 62.8 Å². The van der Waals surface area contributed by atoms with Crippen molar-refractivity contribution in [3.05, 3.63) is 66.0 Å². The lowest BCUT2D eigenvalue weighted by molar-refractivity contribution is 0.0490. The molecule has 2 aromatic heterocycles. The summed E-state index contributed by atoms with van der Waals surface area (Å²) in [5.74, 6) is 1.62. The minimum Gasteiger partial charge on any atom is -0.302 e. The van der Waals surface area contributed by atoms with Crippen molar-refractivity contribution in [2.24, 2.45) is 0 Å². The second kappa shape index (κ2) is 7.31. The van der Waals surface area contributed by atoms with E-state index in [0.29, 0.717) is 0 Å². The van der Waals surface area contributed by atoms with Gasteiger partial charge in [-0.1, -0.05) is 6.07 Å². The second-order valence-corrected chi connectivity index (χ2v) is 8.32. The molecule has 1 aromatic carbocycles. The maximum Gasteiger partial charge on any atom is 0.164 e. The summed E-state index contributed by atoms with van der Waals surface area (Å²) in [6.07, 6.45) is 5.84. The molecule has 1 saturated heterocycles. The number of likely N-dealkylation sites (tertiary alicyclic amines) is 1. The van der Waals surface area contributed by atoms with E-state index in [9.17, 15) is 4.39 Å². The van der Waals surface area contributed by atoms with Gasteiger partial charge < -0.3 is 4.57 Å². The standard InChI is InChI=1S/C22H25FN6/c1-27-15-20-25-26-21(18-4-6-19(23)7-5-18)29(20)22(16-27)8-11-28(12-9-22)14-17-3-2-10-24-13-17/h2-7,10,13H,8-9,11-12,14-16H2,1H3. The summed E-state index contributed by atoms with van der Waals surface area (Å²) in [5, 5.41) is 9.01. The van der Waals surface area contributed by atoms with E-state index < -0.39 is 0 Å². The van der Waals surface area contributed by atoms with Crippen molar-refractivity contribution in [3.8, 4) is 11.4 Å². The summed E-state index contributed by atoms with van der Waals surface area (Å²) >= 11 is 0. The molecule has 5 rings (SSSR count). The Balaban J connectivity index is 1.43.